The predicted octanol–water partition coefficient (Wildman–Crippen LogP) is 3.16. The first-order chi connectivity index (χ1) is 10.1. The average molecular weight is 421 g/mol. The smallest absolute Gasteiger partial charge is 0.191 e. The molecule has 3 aliphatic rings. The topological polar surface area (TPSA) is 45.7 Å². The van der Waals surface area contributed by atoms with Gasteiger partial charge in [-0.2, -0.15) is 0 Å². The Morgan fingerprint density at radius 2 is 2.05 bits per heavy atom. The van der Waals surface area contributed by atoms with Gasteiger partial charge in [0.25, 0.3) is 0 Å². The van der Waals surface area contributed by atoms with E-state index in [-0.39, 0.29) is 24.0 Å². The van der Waals surface area contributed by atoms with Crippen LogP contribution in [0.4, 0.5) is 0 Å². The zero-order valence-corrected chi connectivity index (χ0v) is 16.7. The van der Waals surface area contributed by atoms with Gasteiger partial charge in [-0.15, -0.1) is 24.0 Å². The van der Waals surface area contributed by atoms with Crippen molar-refractivity contribution in [1.82, 2.24) is 10.6 Å². The van der Waals surface area contributed by atoms with Crippen LogP contribution in [0.25, 0.3) is 0 Å². The molecule has 4 atom stereocenters. The van der Waals surface area contributed by atoms with Gasteiger partial charge in [-0.1, -0.05) is 20.3 Å². The fourth-order valence-electron chi connectivity index (χ4n) is 4.28. The highest BCUT2D eigenvalue weighted by Crippen LogP contribution is 2.62. The zero-order chi connectivity index (χ0) is 15.0. The van der Waals surface area contributed by atoms with Crippen LogP contribution in [-0.4, -0.2) is 37.3 Å². The van der Waals surface area contributed by atoms with E-state index in [1.165, 1.54) is 25.7 Å². The molecule has 22 heavy (non-hydrogen) atoms. The Labute approximate surface area is 152 Å². The molecule has 2 aliphatic carbocycles. The van der Waals surface area contributed by atoms with Gasteiger partial charge in [-0.25, -0.2) is 0 Å². The van der Waals surface area contributed by atoms with Gasteiger partial charge in [0.2, 0.25) is 0 Å². The molecular weight excluding hydrogens is 389 g/mol. The van der Waals surface area contributed by atoms with Crippen molar-refractivity contribution in [2.45, 2.75) is 71.6 Å². The summed E-state index contributed by atoms with van der Waals surface area (Å²) >= 11 is 0. The first kappa shape index (κ1) is 18.3. The van der Waals surface area contributed by atoms with Crippen molar-refractivity contribution in [2.75, 3.05) is 13.2 Å². The monoisotopic (exact) mass is 421 g/mol. The lowest BCUT2D eigenvalue weighted by Gasteiger charge is -2.63. The Balaban J connectivity index is 0.00000176. The van der Waals surface area contributed by atoms with Crippen LogP contribution in [0.1, 0.15) is 53.4 Å². The van der Waals surface area contributed by atoms with Crippen LogP contribution < -0.4 is 10.6 Å². The maximum atomic E-state index is 6.00. The number of halogens is 1. The van der Waals surface area contributed by atoms with E-state index in [0.29, 0.717) is 35.4 Å². The molecule has 5 heteroatoms. The molecule has 0 aromatic carbocycles. The van der Waals surface area contributed by atoms with E-state index >= 15 is 0 Å². The molecule has 0 amide bonds. The SMILES string of the molecule is CCN=C(NC(C)C(C)C)NC1C2CCOC2C12CCC2.I. The number of nitrogens with one attached hydrogen (secondary N) is 2. The molecule has 0 bridgehead atoms. The van der Waals surface area contributed by atoms with Crippen LogP contribution in [0, 0.1) is 17.3 Å². The highest BCUT2D eigenvalue weighted by atomic mass is 127. The average Bonchev–Trinajstić information content (AvgIpc) is 2.79. The van der Waals surface area contributed by atoms with Crippen LogP contribution >= 0.6 is 24.0 Å². The minimum Gasteiger partial charge on any atom is -0.377 e. The van der Waals surface area contributed by atoms with Crippen LogP contribution in [-0.2, 0) is 4.74 Å². The summed E-state index contributed by atoms with van der Waals surface area (Å²) in [5.41, 5.74) is 0.415. The summed E-state index contributed by atoms with van der Waals surface area (Å²) in [5, 5.41) is 7.34. The molecule has 1 spiro atoms. The van der Waals surface area contributed by atoms with Gasteiger partial charge < -0.3 is 15.4 Å². The summed E-state index contributed by atoms with van der Waals surface area (Å²) < 4.78 is 6.00. The van der Waals surface area contributed by atoms with E-state index in [4.69, 9.17) is 4.74 Å². The van der Waals surface area contributed by atoms with Gasteiger partial charge in [0.15, 0.2) is 5.96 Å². The first-order valence-corrected chi connectivity index (χ1v) is 8.77. The number of guanidine groups is 1. The third-order valence-electron chi connectivity index (χ3n) is 6.01. The molecule has 0 aromatic rings. The number of hydrogen-bond acceptors (Lipinski definition) is 2. The second-order valence-corrected chi connectivity index (χ2v) is 7.45. The Morgan fingerprint density at radius 1 is 1.32 bits per heavy atom. The first-order valence-electron chi connectivity index (χ1n) is 8.77. The van der Waals surface area contributed by atoms with Crippen molar-refractivity contribution < 1.29 is 4.74 Å². The number of ether oxygens (including phenoxy) is 1. The number of rotatable bonds is 4. The molecule has 2 saturated carbocycles. The second kappa shape index (κ2) is 7.24. The molecule has 4 unspecified atom stereocenters. The summed E-state index contributed by atoms with van der Waals surface area (Å²) in [5.74, 6) is 2.30. The Kier molecular flexibility index (Phi) is 6.02. The minimum atomic E-state index is 0. The molecule has 3 fully saturated rings. The van der Waals surface area contributed by atoms with Crippen molar-refractivity contribution >= 4 is 29.9 Å². The quantitative estimate of drug-likeness (QED) is 0.417. The fraction of sp³-hybridized carbons (Fsp3) is 0.941. The van der Waals surface area contributed by atoms with Crippen molar-refractivity contribution in [3.8, 4) is 0 Å². The molecule has 0 radical (unpaired) electrons. The lowest BCUT2D eigenvalue weighted by Crippen LogP contribution is -2.72. The van der Waals surface area contributed by atoms with Crippen LogP contribution in [0.3, 0.4) is 0 Å². The third kappa shape index (κ3) is 2.99. The van der Waals surface area contributed by atoms with E-state index in [1.54, 1.807) is 0 Å². The standard InChI is InChI=1S/C17H31N3O.HI/c1-5-18-16(19-12(4)11(2)3)20-14-13-7-10-21-15(13)17(14)8-6-9-17;/h11-15H,5-10H2,1-4H3,(H2,18,19,20);1H. The zero-order valence-electron chi connectivity index (χ0n) is 14.4. The molecule has 2 N–H and O–H groups in total. The van der Waals surface area contributed by atoms with Crippen molar-refractivity contribution in [3.63, 3.8) is 0 Å². The molecule has 3 rings (SSSR count). The normalized spacial score (nSPS) is 33.5. The molecule has 4 nitrogen and oxygen atoms in total. The summed E-state index contributed by atoms with van der Waals surface area (Å²) in [7, 11) is 0. The maximum Gasteiger partial charge on any atom is 0.191 e. The number of aliphatic imine (C=N–C) groups is 1. The summed E-state index contributed by atoms with van der Waals surface area (Å²) in [4.78, 5) is 4.66. The predicted molar refractivity (Wildman–Crippen MR) is 102 cm³/mol. The van der Waals surface area contributed by atoms with E-state index in [9.17, 15) is 0 Å². The van der Waals surface area contributed by atoms with Crippen LogP contribution in [0.5, 0.6) is 0 Å². The highest BCUT2D eigenvalue weighted by Gasteiger charge is 2.66. The van der Waals surface area contributed by atoms with Crippen molar-refractivity contribution in [3.05, 3.63) is 0 Å². The molecule has 1 aliphatic heterocycles. The van der Waals surface area contributed by atoms with Gasteiger partial charge in [0.05, 0.1) is 6.10 Å². The number of hydrogen-bond donors (Lipinski definition) is 2. The molecular formula is C17H32IN3O. The van der Waals surface area contributed by atoms with Crippen LogP contribution in [0.15, 0.2) is 4.99 Å². The molecule has 1 heterocycles. The molecule has 1 saturated heterocycles. The maximum absolute atomic E-state index is 6.00. The van der Waals surface area contributed by atoms with E-state index in [0.717, 1.165) is 19.1 Å². The Hall–Kier alpha value is -0.0400. The summed E-state index contributed by atoms with van der Waals surface area (Å²) in [6.45, 7) is 10.6. The third-order valence-corrected chi connectivity index (χ3v) is 6.01. The second-order valence-electron chi connectivity index (χ2n) is 7.45. The largest absolute Gasteiger partial charge is 0.377 e. The van der Waals surface area contributed by atoms with Crippen molar-refractivity contribution in [2.24, 2.45) is 22.2 Å². The fourth-order valence-corrected chi connectivity index (χ4v) is 4.28. The Bertz CT molecular complexity index is 409. The lowest BCUT2D eigenvalue weighted by atomic mass is 9.46. The van der Waals surface area contributed by atoms with E-state index in [2.05, 4.69) is 43.3 Å². The molecule has 128 valence electrons. The van der Waals surface area contributed by atoms with Crippen molar-refractivity contribution in [1.29, 1.82) is 0 Å². The summed E-state index contributed by atoms with van der Waals surface area (Å²) in [6.07, 6.45) is 5.74. The minimum absolute atomic E-state index is 0. The van der Waals surface area contributed by atoms with Gasteiger partial charge in [0.1, 0.15) is 0 Å². The number of fused-ring (bicyclic) bond motifs is 2. The number of nitrogens with zero attached hydrogens (tertiary/aromatic N) is 1. The van der Waals surface area contributed by atoms with Gasteiger partial charge in [-0.05, 0) is 39.0 Å². The van der Waals surface area contributed by atoms with E-state index < -0.39 is 0 Å². The van der Waals surface area contributed by atoms with Crippen LogP contribution in [0.2, 0.25) is 0 Å². The van der Waals surface area contributed by atoms with Gasteiger partial charge in [0, 0.05) is 36.6 Å². The summed E-state index contributed by atoms with van der Waals surface area (Å²) in [6, 6.07) is 1.01. The molecule has 0 aromatic heterocycles. The Morgan fingerprint density at radius 3 is 2.59 bits per heavy atom. The van der Waals surface area contributed by atoms with Gasteiger partial charge in [-0.3, -0.25) is 4.99 Å². The highest BCUT2D eigenvalue weighted by molar-refractivity contribution is 14.0. The van der Waals surface area contributed by atoms with E-state index in [1.807, 2.05) is 0 Å². The van der Waals surface area contributed by atoms with Gasteiger partial charge >= 0.3 is 0 Å². The lowest BCUT2D eigenvalue weighted by molar-refractivity contribution is -0.171.